The van der Waals surface area contributed by atoms with Crippen molar-refractivity contribution in [1.29, 1.82) is 0 Å². The number of hydrogen-bond acceptors (Lipinski definition) is 2. The summed E-state index contributed by atoms with van der Waals surface area (Å²) in [4.78, 5) is 11.7. The molecule has 3 nitrogen and oxygen atoms in total. The molecule has 1 N–H and O–H groups in total. The molecule has 0 saturated heterocycles. The SMILES string of the molecule is CC12CCc3occc3C1CCC13CC(CCC12)C(C(=O)O)C3. The molecular formula is C20H26O3. The van der Waals surface area contributed by atoms with Crippen LogP contribution in [0.15, 0.2) is 16.7 Å². The normalized spacial score (nSPS) is 47.5. The Morgan fingerprint density at radius 1 is 1.26 bits per heavy atom. The zero-order chi connectivity index (χ0) is 15.8. The largest absolute Gasteiger partial charge is 0.481 e. The van der Waals surface area contributed by atoms with E-state index in [-0.39, 0.29) is 5.92 Å². The monoisotopic (exact) mass is 314 g/mol. The number of carbonyl (C=O) groups is 1. The Morgan fingerprint density at radius 3 is 2.96 bits per heavy atom. The Hall–Kier alpha value is -1.25. The fourth-order valence-electron chi connectivity index (χ4n) is 7.43. The minimum Gasteiger partial charge on any atom is -0.481 e. The van der Waals surface area contributed by atoms with Crippen LogP contribution in [0, 0.1) is 28.6 Å². The number of aliphatic carboxylic acids is 1. The Morgan fingerprint density at radius 2 is 2.13 bits per heavy atom. The standard InChI is InChI=1S/C20H26O3/c1-19-7-5-16-13(6-9-23-16)15(19)4-8-20-10-12(2-3-17(19)20)14(11-20)18(21)22/h6,9,12,14-15,17H,2-5,7-8,10-11H2,1H3,(H,21,22). The summed E-state index contributed by atoms with van der Waals surface area (Å²) in [5.74, 6) is 2.37. The predicted molar refractivity (Wildman–Crippen MR) is 86.1 cm³/mol. The summed E-state index contributed by atoms with van der Waals surface area (Å²) in [5.41, 5.74) is 2.12. The molecule has 6 atom stereocenters. The second-order valence-electron chi connectivity index (χ2n) is 9.00. The average molecular weight is 314 g/mol. The molecule has 1 aromatic heterocycles. The van der Waals surface area contributed by atoms with Crippen molar-refractivity contribution in [2.75, 3.05) is 0 Å². The number of carboxylic acid groups (broad SMARTS) is 1. The zero-order valence-corrected chi connectivity index (χ0v) is 13.9. The van der Waals surface area contributed by atoms with Gasteiger partial charge >= 0.3 is 5.97 Å². The molecule has 0 amide bonds. The van der Waals surface area contributed by atoms with Gasteiger partial charge in [-0.3, -0.25) is 4.79 Å². The highest BCUT2D eigenvalue weighted by molar-refractivity contribution is 5.71. The summed E-state index contributed by atoms with van der Waals surface area (Å²) in [6.07, 6.45) is 11.1. The summed E-state index contributed by atoms with van der Waals surface area (Å²) in [7, 11) is 0. The summed E-state index contributed by atoms with van der Waals surface area (Å²) >= 11 is 0. The molecule has 2 bridgehead atoms. The first-order chi connectivity index (χ1) is 11.0. The van der Waals surface area contributed by atoms with E-state index in [2.05, 4.69) is 13.0 Å². The van der Waals surface area contributed by atoms with Gasteiger partial charge in [0.1, 0.15) is 5.76 Å². The third kappa shape index (κ3) is 1.69. The molecule has 3 heteroatoms. The van der Waals surface area contributed by atoms with Crippen molar-refractivity contribution in [2.45, 2.75) is 64.2 Å². The first-order valence-electron chi connectivity index (χ1n) is 9.33. The van der Waals surface area contributed by atoms with Crippen LogP contribution >= 0.6 is 0 Å². The quantitative estimate of drug-likeness (QED) is 0.823. The van der Waals surface area contributed by atoms with Crippen LogP contribution in [0.25, 0.3) is 0 Å². The van der Waals surface area contributed by atoms with Crippen LogP contribution in [-0.4, -0.2) is 11.1 Å². The number of hydrogen-bond donors (Lipinski definition) is 1. The third-order valence-electron chi connectivity index (χ3n) is 8.32. The molecule has 4 aliphatic carbocycles. The first kappa shape index (κ1) is 14.1. The van der Waals surface area contributed by atoms with Crippen LogP contribution in [0.4, 0.5) is 0 Å². The van der Waals surface area contributed by atoms with Crippen molar-refractivity contribution in [2.24, 2.45) is 28.6 Å². The maximum absolute atomic E-state index is 11.7. The van der Waals surface area contributed by atoms with E-state index in [0.717, 1.165) is 19.3 Å². The second-order valence-corrected chi connectivity index (χ2v) is 9.00. The molecule has 3 fully saturated rings. The molecule has 0 radical (unpaired) electrons. The van der Waals surface area contributed by atoms with E-state index in [4.69, 9.17) is 4.42 Å². The van der Waals surface area contributed by atoms with Crippen molar-refractivity contribution in [3.05, 3.63) is 23.7 Å². The number of carboxylic acids is 1. The summed E-state index contributed by atoms with van der Waals surface area (Å²) in [6.45, 7) is 2.51. The van der Waals surface area contributed by atoms with Crippen LogP contribution in [0.3, 0.4) is 0 Å². The number of aryl methyl sites for hydroxylation is 1. The molecule has 6 unspecified atom stereocenters. The molecule has 1 spiro atoms. The molecule has 4 aliphatic rings. The molecule has 23 heavy (non-hydrogen) atoms. The van der Waals surface area contributed by atoms with Gasteiger partial charge in [0.15, 0.2) is 0 Å². The van der Waals surface area contributed by atoms with E-state index in [9.17, 15) is 9.90 Å². The van der Waals surface area contributed by atoms with Crippen molar-refractivity contribution >= 4 is 5.97 Å². The van der Waals surface area contributed by atoms with Gasteiger partial charge in [-0.2, -0.15) is 0 Å². The maximum Gasteiger partial charge on any atom is 0.306 e. The minimum absolute atomic E-state index is 0.0757. The Balaban J connectivity index is 1.55. The summed E-state index contributed by atoms with van der Waals surface area (Å²) in [6, 6.07) is 2.20. The van der Waals surface area contributed by atoms with E-state index < -0.39 is 5.97 Å². The van der Waals surface area contributed by atoms with Gasteiger partial charge in [0.2, 0.25) is 0 Å². The van der Waals surface area contributed by atoms with Gasteiger partial charge in [0.05, 0.1) is 12.2 Å². The maximum atomic E-state index is 11.7. The predicted octanol–water partition coefficient (Wildman–Crippen LogP) is 4.62. The molecule has 5 rings (SSSR count). The molecule has 0 aliphatic heterocycles. The summed E-state index contributed by atoms with van der Waals surface area (Å²) < 4.78 is 5.72. The van der Waals surface area contributed by atoms with Gasteiger partial charge in [0, 0.05) is 6.42 Å². The van der Waals surface area contributed by atoms with Gasteiger partial charge < -0.3 is 9.52 Å². The van der Waals surface area contributed by atoms with Crippen LogP contribution < -0.4 is 0 Å². The second kappa shape index (κ2) is 4.43. The van der Waals surface area contributed by atoms with E-state index in [1.54, 1.807) is 0 Å². The third-order valence-corrected chi connectivity index (χ3v) is 8.32. The van der Waals surface area contributed by atoms with E-state index in [1.807, 2.05) is 6.26 Å². The van der Waals surface area contributed by atoms with Gasteiger partial charge in [-0.15, -0.1) is 0 Å². The van der Waals surface area contributed by atoms with Crippen LogP contribution in [0.1, 0.15) is 69.1 Å². The number of furan rings is 1. The minimum atomic E-state index is -0.541. The molecule has 1 heterocycles. The highest BCUT2D eigenvalue weighted by atomic mass is 16.4. The van der Waals surface area contributed by atoms with Crippen LogP contribution in [-0.2, 0) is 11.2 Å². The highest BCUT2D eigenvalue weighted by Crippen LogP contribution is 2.71. The Kier molecular flexibility index (Phi) is 2.72. The summed E-state index contributed by atoms with van der Waals surface area (Å²) in [5, 5.41) is 9.63. The van der Waals surface area contributed by atoms with Gasteiger partial charge in [0.25, 0.3) is 0 Å². The fourth-order valence-corrected chi connectivity index (χ4v) is 7.43. The molecule has 124 valence electrons. The lowest BCUT2D eigenvalue weighted by molar-refractivity contribution is -0.143. The lowest BCUT2D eigenvalue weighted by atomic mass is 9.45. The Labute approximate surface area is 137 Å². The molecule has 0 aromatic carbocycles. The highest BCUT2D eigenvalue weighted by Gasteiger charge is 2.63. The molecular weight excluding hydrogens is 288 g/mol. The van der Waals surface area contributed by atoms with E-state index >= 15 is 0 Å². The smallest absolute Gasteiger partial charge is 0.306 e. The van der Waals surface area contributed by atoms with Crippen molar-refractivity contribution < 1.29 is 14.3 Å². The molecule has 3 saturated carbocycles. The lowest BCUT2D eigenvalue weighted by Crippen LogP contribution is -2.50. The van der Waals surface area contributed by atoms with Crippen LogP contribution in [0.5, 0.6) is 0 Å². The van der Waals surface area contributed by atoms with Gasteiger partial charge in [-0.05, 0) is 85.2 Å². The van der Waals surface area contributed by atoms with Crippen molar-refractivity contribution in [3.63, 3.8) is 0 Å². The average Bonchev–Trinajstić information content (AvgIpc) is 3.09. The topological polar surface area (TPSA) is 50.4 Å². The zero-order valence-electron chi connectivity index (χ0n) is 13.9. The first-order valence-corrected chi connectivity index (χ1v) is 9.33. The van der Waals surface area contributed by atoms with Crippen LogP contribution in [0.2, 0.25) is 0 Å². The number of fused-ring (bicyclic) bond motifs is 5. The molecule has 1 aromatic rings. The van der Waals surface area contributed by atoms with E-state index in [1.165, 1.54) is 43.4 Å². The number of rotatable bonds is 1. The van der Waals surface area contributed by atoms with Crippen molar-refractivity contribution in [3.8, 4) is 0 Å². The van der Waals surface area contributed by atoms with Crippen molar-refractivity contribution in [1.82, 2.24) is 0 Å². The fraction of sp³-hybridized carbons (Fsp3) is 0.750. The van der Waals surface area contributed by atoms with E-state index in [0.29, 0.717) is 28.6 Å². The van der Waals surface area contributed by atoms with Gasteiger partial charge in [-0.1, -0.05) is 6.92 Å². The van der Waals surface area contributed by atoms with Gasteiger partial charge in [-0.25, -0.2) is 0 Å². The Bertz CT molecular complexity index is 662. The lowest BCUT2D eigenvalue weighted by Gasteiger charge is -2.59.